The van der Waals surface area contributed by atoms with Crippen molar-refractivity contribution in [3.63, 3.8) is 0 Å². The Labute approximate surface area is 182 Å². The van der Waals surface area contributed by atoms with E-state index in [1.807, 2.05) is 45.9 Å². The second-order valence-corrected chi connectivity index (χ2v) is 8.43. The van der Waals surface area contributed by atoms with E-state index in [1.165, 1.54) is 14.2 Å². The second-order valence-electron chi connectivity index (χ2n) is 8.43. The predicted octanol–water partition coefficient (Wildman–Crippen LogP) is 5.02. The number of allylic oxidation sites excluding steroid dienone is 4. The van der Waals surface area contributed by atoms with E-state index in [-0.39, 0.29) is 17.6 Å². The van der Waals surface area contributed by atoms with E-state index in [1.54, 1.807) is 0 Å². The Balaban J connectivity index is 1.97. The molecule has 3 aliphatic rings. The van der Waals surface area contributed by atoms with Gasteiger partial charge in [-0.1, -0.05) is 0 Å². The van der Waals surface area contributed by atoms with E-state index < -0.39 is 12.0 Å². The number of fused-ring (bicyclic) bond motifs is 2. The third-order valence-corrected chi connectivity index (χ3v) is 6.58. The molecular formula is C25H27FN2O3. The Hall–Kier alpha value is -3.04. The van der Waals surface area contributed by atoms with Gasteiger partial charge in [0.1, 0.15) is 23.3 Å². The molecule has 5 nitrogen and oxygen atoms in total. The van der Waals surface area contributed by atoms with Gasteiger partial charge in [-0.25, -0.2) is 4.39 Å². The van der Waals surface area contributed by atoms with Gasteiger partial charge in [0.25, 0.3) is 0 Å². The number of aromatic hydroxyl groups is 1. The Morgan fingerprint density at radius 2 is 1.84 bits per heavy atom. The average Bonchev–Trinajstić information content (AvgIpc) is 3.05. The van der Waals surface area contributed by atoms with Crippen LogP contribution in [0.25, 0.3) is 5.57 Å². The van der Waals surface area contributed by atoms with Crippen LogP contribution in [-0.2, 0) is 9.47 Å². The standard InChI is InChI=1S/C25H27FN2O3/c1-12-7-16(8-13(2)24(12)29)21-15(4)28-14(3)9-17-18(23(28)19(21)11-27)10-20(30-5)25(31-6)22(17)26/h7-8,10,14,19,25,29H,9H2,1-6H3. The molecule has 3 atom stereocenters. The first-order valence-electron chi connectivity index (χ1n) is 10.4. The number of aryl methyl sites for hydroxylation is 2. The predicted molar refractivity (Wildman–Crippen MR) is 116 cm³/mol. The van der Waals surface area contributed by atoms with Crippen molar-refractivity contribution >= 4 is 5.57 Å². The van der Waals surface area contributed by atoms with Crippen LogP contribution in [0.4, 0.5) is 4.39 Å². The topological polar surface area (TPSA) is 65.7 Å². The summed E-state index contributed by atoms with van der Waals surface area (Å²) in [6.07, 6.45) is 1.46. The van der Waals surface area contributed by atoms with Gasteiger partial charge in [-0.15, -0.1) is 0 Å². The number of phenols is 1. The Kier molecular flexibility index (Phi) is 5.18. The zero-order chi connectivity index (χ0) is 22.6. The first-order chi connectivity index (χ1) is 14.7. The highest BCUT2D eigenvalue weighted by atomic mass is 19.1. The molecule has 0 radical (unpaired) electrons. The average molecular weight is 423 g/mol. The summed E-state index contributed by atoms with van der Waals surface area (Å²) in [5, 5.41) is 20.4. The molecule has 0 saturated heterocycles. The van der Waals surface area contributed by atoms with Crippen LogP contribution in [0.1, 0.15) is 37.0 Å². The molecule has 31 heavy (non-hydrogen) atoms. The fourth-order valence-corrected chi connectivity index (χ4v) is 5.19. The third kappa shape index (κ3) is 2.99. The maximum atomic E-state index is 15.4. The minimum atomic E-state index is -0.860. The molecule has 1 N–H and O–H groups in total. The molecule has 6 heteroatoms. The molecule has 0 fully saturated rings. The van der Waals surface area contributed by atoms with Crippen molar-refractivity contribution < 1.29 is 19.0 Å². The summed E-state index contributed by atoms with van der Waals surface area (Å²) >= 11 is 0. The van der Waals surface area contributed by atoms with Gasteiger partial charge in [0.15, 0.2) is 6.10 Å². The molecular weight excluding hydrogens is 395 g/mol. The number of nitriles is 1. The van der Waals surface area contributed by atoms with Gasteiger partial charge >= 0.3 is 0 Å². The summed E-state index contributed by atoms with van der Waals surface area (Å²) in [6, 6.07) is 6.27. The van der Waals surface area contributed by atoms with E-state index in [4.69, 9.17) is 9.47 Å². The Bertz CT molecular complexity index is 1110. The van der Waals surface area contributed by atoms with Crippen LogP contribution in [0, 0.1) is 31.1 Å². The van der Waals surface area contributed by atoms with Gasteiger partial charge in [0.2, 0.25) is 0 Å². The lowest BCUT2D eigenvalue weighted by Crippen LogP contribution is -2.37. The smallest absolute Gasteiger partial charge is 0.165 e. The van der Waals surface area contributed by atoms with Gasteiger partial charge in [0.05, 0.1) is 13.2 Å². The van der Waals surface area contributed by atoms with Gasteiger partial charge in [-0.3, -0.25) is 0 Å². The first kappa shape index (κ1) is 21.2. The molecule has 0 aromatic heterocycles. The van der Waals surface area contributed by atoms with Gasteiger partial charge < -0.3 is 19.5 Å². The van der Waals surface area contributed by atoms with Crippen LogP contribution in [-0.4, -0.2) is 36.4 Å². The van der Waals surface area contributed by atoms with E-state index in [2.05, 4.69) is 11.0 Å². The number of ether oxygens (including phenoxy) is 2. The van der Waals surface area contributed by atoms with Crippen molar-refractivity contribution in [3.05, 3.63) is 69.0 Å². The molecule has 0 spiro atoms. The molecule has 2 aliphatic heterocycles. The fourth-order valence-electron chi connectivity index (χ4n) is 5.19. The van der Waals surface area contributed by atoms with Crippen molar-refractivity contribution in [2.24, 2.45) is 5.92 Å². The number of nitrogens with zero attached hydrogens (tertiary/aromatic N) is 2. The van der Waals surface area contributed by atoms with Crippen LogP contribution in [0.2, 0.25) is 0 Å². The van der Waals surface area contributed by atoms with E-state index in [9.17, 15) is 10.4 Å². The second kappa shape index (κ2) is 7.58. The van der Waals surface area contributed by atoms with Crippen molar-refractivity contribution in [1.29, 1.82) is 5.26 Å². The summed E-state index contributed by atoms with van der Waals surface area (Å²) in [5.74, 6) is -0.258. The minimum Gasteiger partial charge on any atom is -0.507 e. The lowest BCUT2D eigenvalue weighted by molar-refractivity contribution is 0.0835. The number of benzene rings is 1. The zero-order valence-corrected chi connectivity index (χ0v) is 18.7. The molecule has 1 aliphatic carbocycles. The number of rotatable bonds is 3. The summed E-state index contributed by atoms with van der Waals surface area (Å²) in [6.45, 7) is 7.76. The van der Waals surface area contributed by atoms with Gasteiger partial charge in [-0.05, 0) is 74.6 Å². The highest BCUT2D eigenvalue weighted by Crippen LogP contribution is 2.52. The molecule has 0 bridgehead atoms. The third-order valence-electron chi connectivity index (χ3n) is 6.58. The molecule has 1 aromatic carbocycles. The maximum absolute atomic E-state index is 15.4. The van der Waals surface area contributed by atoms with Crippen molar-refractivity contribution in [3.8, 4) is 11.8 Å². The summed E-state index contributed by atoms with van der Waals surface area (Å²) in [7, 11) is 2.96. The highest BCUT2D eigenvalue weighted by Gasteiger charge is 2.45. The van der Waals surface area contributed by atoms with E-state index in [0.717, 1.165) is 33.7 Å². The monoisotopic (exact) mass is 422 g/mol. The lowest BCUT2D eigenvalue weighted by Gasteiger charge is -2.39. The molecule has 162 valence electrons. The lowest BCUT2D eigenvalue weighted by atomic mass is 9.82. The van der Waals surface area contributed by atoms with Gasteiger partial charge in [0, 0.05) is 35.7 Å². The molecule has 0 saturated carbocycles. The fraction of sp³-hybridized carbons (Fsp3) is 0.400. The van der Waals surface area contributed by atoms with E-state index >= 15 is 4.39 Å². The SMILES string of the molecule is COC1=CC2=C3C(C#N)C(c4cc(C)c(O)c(C)c4)=C(C)N3C(C)CC2=C(F)C1OC. The van der Waals surface area contributed by atoms with Crippen LogP contribution in [0.3, 0.4) is 0 Å². The Morgan fingerprint density at radius 3 is 2.39 bits per heavy atom. The largest absolute Gasteiger partial charge is 0.507 e. The van der Waals surface area contributed by atoms with Crippen molar-refractivity contribution in [2.75, 3.05) is 14.2 Å². The van der Waals surface area contributed by atoms with Crippen LogP contribution < -0.4 is 0 Å². The summed E-state index contributed by atoms with van der Waals surface area (Å²) in [5.41, 5.74) is 6.36. The van der Waals surface area contributed by atoms with Crippen molar-refractivity contribution in [1.82, 2.24) is 4.90 Å². The molecule has 3 unspecified atom stereocenters. The van der Waals surface area contributed by atoms with Gasteiger partial charge in [-0.2, -0.15) is 5.26 Å². The molecule has 1 aromatic rings. The quantitative estimate of drug-likeness (QED) is 0.741. The number of methoxy groups -OCH3 is 2. The van der Waals surface area contributed by atoms with Crippen molar-refractivity contribution in [2.45, 2.75) is 46.3 Å². The number of hydrogen-bond acceptors (Lipinski definition) is 5. The molecule has 0 amide bonds. The Morgan fingerprint density at radius 1 is 1.19 bits per heavy atom. The maximum Gasteiger partial charge on any atom is 0.165 e. The molecule has 2 heterocycles. The zero-order valence-electron chi connectivity index (χ0n) is 18.7. The van der Waals surface area contributed by atoms with Crippen LogP contribution in [0.5, 0.6) is 5.75 Å². The molecule has 4 rings (SSSR count). The number of halogens is 1. The highest BCUT2D eigenvalue weighted by molar-refractivity contribution is 5.81. The normalized spacial score (nSPS) is 25.4. The number of phenolic OH excluding ortho intramolecular Hbond substituents is 1. The summed E-state index contributed by atoms with van der Waals surface area (Å²) in [4.78, 5) is 2.16. The number of hydrogen-bond donors (Lipinski definition) is 1. The first-order valence-corrected chi connectivity index (χ1v) is 10.4. The minimum absolute atomic E-state index is 0.0119. The van der Waals surface area contributed by atoms with Crippen LogP contribution >= 0.6 is 0 Å². The summed E-state index contributed by atoms with van der Waals surface area (Å²) < 4.78 is 26.2. The van der Waals surface area contributed by atoms with E-state index in [0.29, 0.717) is 23.3 Å². The van der Waals surface area contributed by atoms with Crippen LogP contribution in [0.15, 0.2) is 52.3 Å².